The summed E-state index contributed by atoms with van der Waals surface area (Å²) in [4.78, 5) is 0. The molecule has 0 spiro atoms. The van der Waals surface area contributed by atoms with Gasteiger partial charge in [0.2, 0.25) is 0 Å². The zero-order chi connectivity index (χ0) is 8.36. The molecule has 0 aliphatic heterocycles. The lowest BCUT2D eigenvalue weighted by atomic mass is 10.2. The monoisotopic (exact) mass is 152 g/mol. The largest absolute Gasteiger partial charge is 0.0914 e. The molecule has 11 heavy (non-hydrogen) atoms. The van der Waals surface area contributed by atoms with Crippen molar-refractivity contribution in [1.82, 2.24) is 0 Å². The highest BCUT2D eigenvalue weighted by molar-refractivity contribution is 4.90. The zero-order valence-corrected chi connectivity index (χ0v) is 7.84. The average molecular weight is 152 g/mol. The summed E-state index contributed by atoms with van der Waals surface area (Å²) in [6.07, 6.45) is 15.2. The quantitative estimate of drug-likeness (QED) is 0.397. The molecule has 0 fully saturated rings. The summed E-state index contributed by atoms with van der Waals surface area (Å²) in [7, 11) is 0. The molecular formula is C11H20. The first-order valence-electron chi connectivity index (χ1n) is 4.68. The molecule has 0 radical (unpaired) electrons. The van der Waals surface area contributed by atoms with E-state index in [4.69, 9.17) is 0 Å². The molecule has 0 saturated heterocycles. The van der Waals surface area contributed by atoms with Gasteiger partial charge in [-0.1, -0.05) is 44.1 Å². The molecule has 0 atom stereocenters. The Balaban J connectivity index is 3.03. The van der Waals surface area contributed by atoms with Crippen molar-refractivity contribution in [2.45, 2.75) is 46.0 Å². The second kappa shape index (κ2) is 9.48. The van der Waals surface area contributed by atoms with E-state index in [0.717, 1.165) is 6.42 Å². The van der Waals surface area contributed by atoms with Crippen molar-refractivity contribution in [2.75, 3.05) is 0 Å². The molecule has 0 aliphatic rings. The maximum atomic E-state index is 2.29. The standard InChI is InChI=1S/C11H20/c1-3-5-7-9-11-10-8-6-4-2/h3,5,9,11H,4,6-8,10H2,1-2H3/b5-3-,11-9-. The molecule has 0 heteroatoms. The van der Waals surface area contributed by atoms with E-state index in [0.29, 0.717) is 0 Å². The lowest BCUT2D eigenvalue weighted by molar-refractivity contribution is 0.728. The molecule has 0 saturated carbocycles. The van der Waals surface area contributed by atoms with E-state index in [1.165, 1.54) is 25.7 Å². The smallest absolute Gasteiger partial charge is 0.0169 e. The average Bonchev–Trinajstić information content (AvgIpc) is 2.03. The van der Waals surface area contributed by atoms with Crippen LogP contribution in [0.5, 0.6) is 0 Å². The molecule has 0 amide bonds. The van der Waals surface area contributed by atoms with Crippen molar-refractivity contribution in [2.24, 2.45) is 0 Å². The van der Waals surface area contributed by atoms with Gasteiger partial charge in [0.15, 0.2) is 0 Å². The van der Waals surface area contributed by atoms with Gasteiger partial charge in [0.05, 0.1) is 0 Å². The zero-order valence-electron chi connectivity index (χ0n) is 7.84. The fourth-order valence-corrected chi connectivity index (χ4v) is 0.941. The fraction of sp³-hybridized carbons (Fsp3) is 0.636. The van der Waals surface area contributed by atoms with Crippen LogP contribution >= 0.6 is 0 Å². The van der Waals surface area contributed by atoms with E-state index in [-0.39, 0.29) is 0 Å². The lowest BCUT2D eigenvalue weighted by Gasteiger charge is -1.90. The molecule has 0 rings (SSSR count). The van der Waals surface area contributed by atoms with Gasteiger partial charge in [0.25, 0.3) is 0 Å². The van der Waals surface area contributed by atoms with Crippen LogP contribution in [0.3, 0.4) is 0 Å². The molecule has 0 aromatic rings. The van der Waals surface area contributed by atoms with E-state index in [9.17, 15) is 0 Å². The highest BCUT2D eigenvalue weighted by Gasteiger charge is 1.79. The van der Waals surface area contributed by atoms with Gasteiger partial charge in [-0.15, -0.1) is 0 Å². The molecule has 64 valence electrons. The SMILES string of the molecule is C/C=C\C/C=C\CCCCC. The first-order valence-corrected chi connectivity index (χ1v) is 4.68. The second-order valence-electron chi connectivity index (χ2n) is 2.77. The van der Waals surface area contributed by atoms with Crippen LogP contribution in [0.2, 0.25) is 0 Å². The Morgan fingerprint density at radius 1 is 1.00 bits per heavy atom. The minimum atomic E-state index is 1.10. The van der Waals surface area contributed by atoms with E-state index >= 15 is 0 Å². The summed E-state index contributed by atoms with van der Waals surface area (Å²) in [5.41, 5.74) is 0. The van der Waals surface area contributed by atoms with Crippen LogP contribution in [0.15, 0.2) is 24.3 Å². The van der Waals surface area contributed by atoms with Gasteiger partial charge in [0, 0.05) is 0 Å². The summed E-state index contributed by atoms with van der Waals surface area (Å²) in [6, 6.07) is 0. The van der Waals surface area contributed by atoms with E-state index in [1.54, 1.807) is 0 Å². The van der Waals surface area contributed by atoms with Crippen molar-refractivity contribution in [3.05, 3.63) is 24.3 Å². The van der Waals surface area contributed by atoms with Gasteiger partial charge < -0.3 is 0 Å². The fourth-order valence-electron chi connectivity index (χ4n) is 0.941. The Bertz CT molecular complexity index is 109. The predicted molar refractivity (Wildman–Crippen MR) is 52.7 cm³/mol. The first kappa shape index (κ1) is 10.5. The summed E-state index contributed by atoms with van der Waals surface area (Å²) < 4.78 is 0. The van der Waals surface area contributed by atoms with E-state index in [2.05, 4.69) is 38.2 Å². The summed E-state index contributed by atoms with van der Waals surface area (Å²) in [6.45, 7) is 4.30. The third-order valence-electron chi connectivity index (χ3n) is 1.65. The third-order valence-corrected chi connectivity index (χ3v) is 1.65. The number of hydrogen-bond acceptors (Lipinski definition) is 0. The maximum Gasteiger partial charge on any atom is -0.0169 e. The maximum absolute atomic E-state index is 2.29. The highest BCUT2D eigenvalue weighted by atomic mass is 13.9. The molecule has 0 aromatic heterocycles. The minimum Gasteiger partial charge on any atom is -0.0914 e. The van der Waals surface area contributed by atoms with Crippen LogP contribution in [0.25, 0.3) is 0 Å². The Labute approximate surface area is 71.0 Å². The van der Waals surface area contributed by atoms with Crippen molar-refractivity contribution in [1.29, 1.82) is 0 Å². The Morgan fingerprint density at radius 3 is 2.45 bits per heavy atom. The molecule has 0 heterocycles. The van der Waals surface area contributed by atoms with Crippen molar-refractivity contribution in [3.63, 3.8) is 0 Å². The predicted octanol–water partition coefficient (Wildman–Crippen LogP) is 4.09. The molecular weight excluding hydrogens is 132 g/mol. The lowest BCUT2D eigenvalue weighted by Crippen LogP contribution is -1.70. The van der Waals surface area contributed by atoms with Crippen molar-refractivity contribution >= 4 is 0 Å². The van der Waals surface area contributed by atoms with E-state index < -0.39 is 0 Å². The number of allylic oxidation sites excluding steroid dienone is 4. The third kappa shape index (κ3) is 9.48. The Hall–Kier alpha value is -0.520. The highest BCUT2D eigenvalue weighted by Crippen LogP contribution is 2.00. The van der Waals surface area contributed by atoms with Gasteiger partial charge in [-0.3, -0.25) is 0 Å². The van der Waals surface area contributed by atoms with Gasteiger partial charge in [0.1, 0.15) is 0 Å². The summed E-state index contributed by atoms with van der Waals surface area (Å²) in [5.74, 6) is 0. The van der Waals surface area contributed by atoms with Gasteiger partial charge >= 0.3 is 0 Å². The summed E-state index contributed by atoms with van der Waals surface area (Å²) in [5, 5.41) is 0. The molecule has 0 nitrogen and oxygen atoms in total. The Kier molecular flexibility index (Phi) is 9.03. The topological polar surface area (TPSA) is 0 Å². The second-order valence-corrected chi connectivity index (χ2v) is 2.77. The van der Waals surface area contributed by atoms with Crippen LogP contribution in [-0.2, 0) is 0 Å². The van der Waals surface area contributed by atoms with Gasteiger partial charge in [-0.05, 0) is 26.2 Å². The van der Waals surface area contributed by atoms with Crippen LogP contribution < -0.4 is 0 Å². The summed E-state index contributed by atoms with van der Waals surface area (Å²) >= 11 is 0. The number of unbranched alkanes of at least 4 members (excludes halogenated alkanes) is 3. The molecule has 0 bridgehead atoms. The van der Waals surface area contributed by atoms with Crippen LogP contribution in [0.4, 0.5) is 0 Å². The van der Waals surface area contributed by atoms with Gasteiger partial charge in [-0.25, -0.2) is 0 Å². The normalized spacial score (nSPS) is 11.8. The number of rotatable bonds is 6. The van der Waals surface area contributed by atoms with Crippen LogP contribution in [0, 0.1) is 0 Å². The van der Waals surface area contributed by atoms with Gasteiger partial charge in [-0.2, -0.15) is 0 Å². The molecule has 0 aromatic carbocycles. The molecule has 0 N–H and O–H groups in total. The van der Waals surface area contributed by atoms with E-state index in [1.807, 2.05) is 0 Å². The molecule has 0 unspecified atom stereocenters. The first-order chi connectivity index (χ1) is 5.41. The molecule has 0 aliphatic carbocycles. The minimum absolute atomic E-state index is 1.10. The van der Waals surface area contributed by atoms with Crippen molar-refractivity contribution < 1.29 is 0 Å². The van der Waals surface area contributed by atoms with Crippen molar-refractivity contribution in [3.8, 4) is 0 Å². The van der Waals surface area contributed by atoms with Crippen LogP contribution in [-0.4, -0.2) is 0 Å². The Morgan fingerprint density at radius 2 is 1.82 bits per heavy atom. The van der Waals surface area contributed by atoms with Crippen LogP contribution in [0.1, 0.15) is 46.0 Å². The number of hydrogen-bond donors (Lipinski definition) is 0.